The van der Waals surface area contributed by atoms with Crippen LogP contribution in [0.15, 0.2) is 47.1 Å². The number of hydrogen-bond acceptors (Lipinski definition) is 3. The lowest BCUT2D eigenvalue weighted by atomic mass is 10.1. The normalized spacial score (nSPS) is 11.8. The SMILES string of the molecule is O=C(O)CC(NC(=O)c1ccc(F)cc1)c1ccco1. The van der Waals surface area contributed by atoms with Crippen LogP contribution in [-0.4, -0.2) is 17.0 Å². The Morgan fingerprint density at radius 1 is 1.25 bits per heavy atom. The first-order valence-corrected chi connectivity index (χ1v) is 5.88. The molecule has 2 rings (SSSR count). The number of carboxylic acid groups (broad SMARTS) is 1. The van der Waals surface area contributed by atoms with Gasteiger partial charge in [-0.1, -0.05) is 0 Å². The molecule has 0 saturated carbocycles. The summed E-state index contributed by atoms with van der Waals surface area (Å²) in [4.78, 5) is 22.8. The van der Waals surface area contributed by atoms with Gasteiger partial charge in [0.25, 0.3) is 5.91 Å². The minimum atomic E-state index is -1.06. The second kappa shape index (κ2) is 6.01. The predicted molar refractivity (Wildman–Crippen MR) is 67.6 cm³/mol. The molecule has 0 fully saturated rings. The summed E-state index contributed by atoms with van der Waals surface area (Å²) in [6, 6.07) is 7.38. The minimum absolute atomic E-state index is 0.244. The molecule has 0 aliphatic heterocycles. The Hall–Kier alpha value is -2.63. The lowest BCUT2D eigenvalue weighted by Crippen LogP contribution is -2.29. The quantitative estimate of drug-likeness (QED) is 0.879. The molecule has 1 heterocycles. The Bertz CT molecular complexity index is 592. The first-order chi connectivity index (χ1) is 9.56. The van der Waals surface area contributed by atoms with Crippen LogP contribution in [0.4, 0.5) is 4.39 Å². The van der Waals surface area contributed by atoms with Crippen molar-refractivity contribution in [1.29, 1.82) is 0 Å². The van der Waals surface area contributed by atoms with Gasteiger partial charge in [0.2, 0.25) is 0 Å². The van der Waals surface area contributed by atoms with Gasteiger partial charge in [-0.15, -0.1) is 0 Å². The van der Waals surface area contributed by atoms with E-state index in [9.17, 15) is 14.0 Å². The Labute approximate surface area is 114 Å². The van der Waals surface area contributed by atoms with E-state index in [1.54, 1.807) is 12.1 Å². The van der Waals surface area contributed by atoms with Crippen molar-refractivity contribution in [2.24, 2.45) is 0 Å². The molecule has 5 nitrogen and oxygen atoms in total. The summed E-state index contributed by atoms with van der Waals surface area (Å²) in [5.41, 5.74) is 0.244. The van der Waals surface area contributed by atoms with Gasteiger partial charge in [-0.2, -0.15) is 0 Å². The monoisotopic (exact) mass is 277 g/mol. The van der Waals surface area contributed by atoms with Crippen LogP contribution in [0.5, 0.6) is 0 Å². The largest absolute Gasteiger partial charge is 0.481 e. The highest BCUT2D eigenvalue weighted by Gasteiger charge is 2.21. The van der Waals surface area contributed by atoms with Crippen molar-refractivity contribution < 1.29 is 23.5 Å². The Balaban J connectivity index is 2.13. The van der Waals surface area contributed by atoms with Crippen LogP contribution in [0.25, 0.3) is 0 Å². The van der Waals surface area contributed by atoms with Crippen LogP contribution in [0.2, 0.25) is 0 Å². The summed E-state index contributed by atoms with van der Waals surface area (Å²) in [6.07, 6.45) is 1.09. The van der Waals surface area contributed by atoms with Crippen LogP contribution in [-0.2, 0) is 4.79 Å². The maximum absolute atomic E-state index is 12.8. The molecule has 0 aliphatic rings. The van der Waals surface area contributed by atoms with E-state index in [0.29, 0.717) is 5.76 Å². The second-order valence-corrected chi connectivity index (χ2v) is 4.15. The molecule has 0 bridgehead atoms. The van der Waals surface area contributed by atoms with Crippen LogP contribution in [0.3, 0.4) is 0 Å². The fraction of sp³-hybridized carbons (Fsp3) is 0.143. The zero-order valence-corrected chi connectivity index (χ0v) is 10.4. The van der Waals surface area contributed by atoms with Crippen molar-refractivity contribution in [3.63, 3.8) is 0 Å². The topological polar surface area (TPSA) is 79.5 Å². The number of aliphatic carboxylic acids is 1. The van der Waals surface area contributed by atoms with Gasteiger partial charge in [-0.05, 0) is 36.4 Å². The van der Waals surface area contributed by atoms with Crippen LogP contribution in [0, 0.1) is 5.82 Å². The Morgan fingerprint density at radius 3 is 2.50 bits per heavy atom. The molecule has 20 heavy (non-hydrogen) atoms. The fourth-order valence-electron chi connectivity index (χ4n) is 1.73. The highest BCUT2D eigenvalue weighted by Crippen LogP contribution is 2.18. The average molecular weight is 277 g/mol. The number of amides is 1. The molecular formula is C14H12FNO4. The molecule has 6 heteroatoms. The number of nitrogens with one attached hydrogen (secondary N) is 1. The molecule has 104 valence electrons. The van der Waals surface area contributed by atoms with Crippen LogP contribution >= 0.6 is 0 Å². The molecule has 0 saturated heterocycles. The van der Waals surface area contributed by atoms with Crippen molar-refractivity contribution in [2.75, 3.05) is 0 Å². The van der Waals surface area contributed by atoms with E-state index in [-0.39, 0.29) is 12.0 Å². The smallest absolute Gasteiger partial charge is 0.305 e. The number of rotatable bonds is 5. The summed E-state index contributed by atoms with van der Waals surface area (Å²) in [6.45, 7) is 0. The van der Waals surface area contributed by atoms with Gasteiger partial charge in [0.1, 0.15) is 11.6 Å². The Morgan fingerprint density at radius 2 is 1.95 bits per heavy atom. The highest BCUT2D eigenvalue weighted by atomic mass is 19.1. The van der Waals surface area contributed by atoms with E-state index >= 15 is 0 Å². The predicted octanol–water partition coefficient (Wildman–Crippen LogP) is 2.36. The third-order valence-electron chi connectivity index (χ3n) is 2.68. The van der Waals surface area contributed by atoms with Crippen molar-refractivity contribution in [1.82, 2.24) is 5.32 Å². The van der Waals surface area contributed by atoms with E-state index in [1.165, 1.54) is 18.4 Å². The zero-order chi connectivity index (χ0) is 14.5. The molecule has 1 aromatic heterocycles. The molecule has 1 atom stereocenters. The molecule has 2 aromatic rings. The molecule has 1 unspecified atom stereocenters. The zero-order valence-electron chi connectivity index (χ0n) is 10.4. The average Bonchev–Trinajstić information content (AvgIpc) is 2.92. The van der Waals surface area contributed by atoms with Gasteiger partial charge >= 0.3 is 5.97 Å². The van der Waals surface area contributed by atoms with Gasteiger partial charge in [0.05, 0.1) is 18.7 Å². The summed E-state index contributed by atoms with van der Waals surface area (Å²) >= 11 is 0. The van der Waals surface area contributed by atoms with Gasteiger partial charge in [0.15, 0.2) is 0 Å². The highest BCUT2D eigenvalue weighted by molar-refractivity contribution is 5.94. The molecule has 1 aromatic carbocycles. The van der Waals surface area contributed by atoms with Gasteiger partial charge in [-0.25, -0.2) is 4.39 Å². The second-order valence-electron chi connectivity index (χ2n) is 4.15. The third kappa shape index (κ3) is 3.44. The standard InChI is InChI=1S/C14H12FNO4/c15-10-5-3-9(4-6-10)14(19)16-11(8-13(17)18)12-2-1-7-20-12/h1-7,11H,8H2,(H,16,19)(H,17,18). The molecular weight excluding hydrogens is 265 g/mol. The first kappa shape index (κ1) is 13.8. The number of carbonyl (C=O) groups excluding carboxylic acids is 1. The number of carbonyl (C=O) groups is 2. The summed E-state index contributed by atoms with van der Waals surface area (Å²) in [5, 5.41) is 11.4. The number of benzene rings is 1. The Kier molecular flexibility index (Phi) is 4.14. The minimum Gasteiger partial charge on any atom is -0.481 e. The molecule has 2 N–H and O–H groups in total. The first-order valence-electron chi connectivity index (χ1n) is 5.88. The maximum atomic E-state index is 12.8. The van der Waals surface area contributed by atoms with Crippen molar-refractivity contribution in [3.05, 3.63) is 59.8 Å². The fourth-order valence-corrected chi connectivity index (χ4v) is 1.73. The van der Waals surface area contributed by atoms with E-state index in [0.717, 1.165) is 12.1 Å². The number of hydrogen-bond donors (Lipinski definition) is 2. The van der Waals surface area contributed by atoms with Crippen LogP contribution < -0.4 is 5.32 Å². The molecule has 0 aliphatic carbocycles. The van der Waals surface area contributed by atoms with Crippen LogP contribution in [0.1, 0.15) is 28.6 Å². The molecule has 0 spiro atoms. The van der Waals surface area contributed by atoms with E-state index in [2.05, 4.69) is 5.32 Å². The van der Waals surface area contributed by atoms with E-state index < -0.39 is 23.7 Å². The lowest BCUT2D eigenvalue weighted by Gasteiger charge is -2.14. The van der Waals surface area contributed by atoms with Gasteiger partial charge in [0, 0.05) is 5.56 Å². The van der Waals surface area contributed by atoms with E-state index in [4.69, 9.17) is 9.52 Å². The van der Waals surface area contributed by atoms with E-state index in [1.807, 2.05) is 0 Å². The van der Waals surface area contributed by atoms with Gasteiger partial charge in [-0.3, -0.25) is 9.59 Å². The molecule has 0 radical (unpaired) electrons. The molecule has 1 amide bonds. The van der Waals surface area contributed by atoms with Gasteiger partial charge < -0.3 is 14.8 Å². The lowest BCUT2D eigenvalue weighted by molar-refractivity contribution is -0.137. The van der Waals surface area contributed by atoms with Crippen molar-refractivity contribution >= 4 is 11.9 Å². The van der Waals surface area contributed by atoms with Crippen molar-refractivity contribution in [2.45, 2.75) is 12.5 Å². The summed E-state index contributed by atoms with van der Waals surface area (Å²) in [5.74, 6) is -1.66. The number of furan rings is 1. The summed E-state index contributed by atoms with van der Waals surface area (Å²) in [7, 11) is 0. The third-order valence-corrected chi connectivity index (χ3v) is 2.68. The number of halogens is 1. The summed E-state index contributed by atoms with van der Waals surface area (Å²) < 4.78 is 17.9. The maximum Gasteiger partial charge on any atom is 0.305 e. The number of carboxylic acids is 1. The van der Waals surface area contributed by atoms with Crippen molar-refractivity contribution in [3.8, 4) is 0 Å².